The predicted octanol–water partition coefficient (Wildman–Crippen LogP) is 4.28. The first-order valence-electron chi connectivity index (χ1n) is 8.52. The number of anilines is 1. The summed E-state index contributed by atoms with van der Waals surface area (Å²) in [6.07, 6.45) is -0.752. The molecule has 2 aromatic carbocycles. The number of ether oxygens (including phenoxy) is 2. The van der Waals surface area contributed by atoms with Crippen molar-refractivity contribution in [2.45, 2.75) is 20.0 Å². The molecular weight excluding hydrogens is 448 g/mol. The number of likely N-dealkylation sites (N-methyl/N-ethyl adjacent to an activating group) is 1. The lowest BCUT2D eigenvalue weighted by Crippen LogP contribution is -2.42. The zero-order valence-electron chi connectivity index (χ0n) is 16.1. The molecule has 0 spiro atoms. The lowest BCUT2D eigenvalue weighted by Gasteiger charge is -2.22. The number of nitrogens with zero attached hydrogens (tertiary/aromatic N) is 1. The van der Waals surface area contributed by atoms with E-state index in [2.05, 4.69) is 21.2 Å². The minimum absolute atomic E-state index is 0.142. The van der Waals surface area contributed by atoms with Gasteiger partial charge in [-0.3, -0.25) is 9.59 Å². The van der Waals surface area contributed by atoms with Crippen LogP contribution in [0.5, 0.6) is 11.5 Å². The van der Waals surface area contributed by atoms with Crippen molar-refractivity contribution in [1.82, 2.24) is 4.90 Å². The molecule has 28 heavy (non-hydrogen) atoms. The highest BCUT2D eigenvalue weighted by atomic mass is 79.9. The van der Waals surface area contributed by atoms with Crippen LogP contribution in [-0.4, -0.2) is 43.5 Å². The Balaban J connectivity index is 1.97. The second kappa shape index (κ2) is 9.80. The molecule has 1 N–H and O–H groups in total. The standard InChI is InChI=1S/C20H22BrClN2O4/c1-12-5-7-17(15(21)9-12)28-13(2)20(26)24(3)11-19(25)23-16-10-14(22)6-8-18(16)27-4/h5-10,13H,11H2,1-4H3,(H,23,25). The van der Waals surface area contributed by atoms with E-state index in [-0.39, 0.29) is 18.4 Å². The maximum Gasteiger partial charge on any atom is 0.263 e. The van der Waals surface area contributed by atoms with E-state index in [9.17, 15) is 9.59 Å². The number of carbonyl (C=O) groups excluding carboxylic acids is 2. The highest BCUT2D eigenvalue weighted by Gasteiger charge is 2.22. The van der Waals surface area contributed by atoms with Crippen LogP contribution in [0.1, 0.15) is 12.5 Å². The zero-order chi connectivity index (χ0) is 20.8. The van der Waals surface area contributed by atoms with Gasteiger partial charge < -0.3 is 19.7 Å². The maximum absolute atomic E-state index is 12.6. The number of hydrogen-bond donors (Lipinski definition) is 1. The first kappa shape index (κ1) is 22.0. The summed E-state index contributed by atoms with van der Waals surface area (Å²) >= 11 is 9.38. The van der Waals surface area contributed by atoms with Gasteiger partial charge in [0.2, 0.25) is 5.91 Å². The van der Waals surface area contributed by atoms with Crippen molar-refractivity contribution < 1.29 is 19.1 Å². The molecule has 150 valence electrons. The molecule has 2 aromatic rings. The molecule has 8 heteroatoms. The van der Waals surface area contributed by atoms with Crippen molar-refractivity contribution in [3.05, 3.63) is 51.5 Å². The first-order chi connectivity index (χ1) is 13.2. The predicted molar refractivity (Wildman–Crippen MR) is 113 cm³/mol. The van der Waals surface area contributed by atoms with Crippen molar-refractivity contribution >= 4 is 45.0 Å². The number of hydrogen-bond acceptors (Lipinski definition) is 4. The van der Waals surface area contributed by atoms with Crippen molar-refractivity contribution in [2.24, 2.45) is 0 Å². The second-order valence-electron chi connectivity index (χ2n) is 6.28. The summed E-state index contributed by atoms with van der Waals surface area (Å²) in [4.78, 5) is 26.2. The van der Waals surface area contributed by atoms with Gasteiger partial charge >= 0.3 is 0 Å². The molecule has 0 aliphatic carbocycles. The number of amides is 2. The van der Waals surface area contributed by atoms with E-state index in [4.69, 9.17) is 21.1 Å². The van der Waals surface area contributed by atoms with Crippen LogP contribution in [0.25, 0.3) is 0 Å². The minimum Gasteiger partial charge on any atom is -0.495 e. The zero-order valence-corrected chi connectivity index (χ0v) is 18.4. The van der Waals surface area contributed by atoms with Gasteiger partial charge in [0.05, 0.1) is 23.8 Å². The molecule has 0 aromatic heterocycles. The van der Waals surface area contributed by atoms with Crippen LogP contribution < -0.4 is 14.8 Å². The smallest absolute Gasteiger partial charge is 0.263 e. The van der Waals surface area contributed by atoms with Gasteiger partial charge in [-0.25, -0.2) is 0 Å². The van der Waals surface area contributed by atoms with Crippen molar-refractivity contribution in [1.29, 1.82) is 0 Å². The number of halogens is 2. The van der Waals surface area contributed by atoms with E-state index in [1.165, 1.54) is 12.0 Å². The Morgan fingerprint density at radius 3 is 2.54 bits per heavy atom. The summed E-state index contributed by atoms with van der Waals surface area (Å²) < 4.78 is 11.7. The van der Waals surface area contributed by atoms with E-state index < -0.39 is 6.10 Å². The van der Waals surface area contributed by atoms with Crippen LogP contribution in [0.3, 0.4) is 0 Å². The third kappa shape index (κ3) is 5.87. The fourth-order valence-electron chi connectivity index (χ4n) is 2.51. The molecular formula is C20H22BrClN2O4. The number of aryl methyl sites for hydroxylation is 1. The summed E-state index contributed by atoms with van der Waals surface area (Å²) in [5, 5.41) is 3.17. The fraction of sp³-hybridized carbons (Fsp3) is 0.300. The van der Waals surface area contributed by atoms with Crippen molar-refractivity contribution in [3.63, 3.8) is 0 Å². The molecule has 0 aliphatic heterocycles. The Kier molecular flexibility index (Phi) is 7.71. The largest absolute Gasteiger partial charge is 0.495 e. The average molecular weight is 470 g/mol. The van der Waals surface area contributed by atoms with E-state index in [0.29, 0.717) is 22.2 Å². The molecule has 0 radical (unpaired) electrons. The van der Waals surface area contributed by atoms with Gasteiger partial charge in [-0.2, -0.15) is 0 Å². The molecule has 2 rings (SSSR count). The number of benzene rings is 2. The van der Waals surface area contributed by atoms with E-state index in [1.807, 2.05) is 19.1 Å². The van der Waals surface area contributed by atoms with E-state index >= 15 is 0 Å². The van der Waals surface area contributed by atoms with Crippen LogP contribution in [0.4, 0.5) is 5.69 Å². The highest BCUT2D eigenvalue weighted by Crippen LogP contribution is 2.28. The normalized spacial score (nSPS) is 11.5. The Morgan fingerprint density at radius 1 is 1.21 bits per heavy atom. The minimum atomic E-state index is -0.752. The van der Waals surface area contributed by atoms with Crippen LogP contribution >= 0.6 is 27.5 Å². The molecule has 0 fully saturated rings. The Hall–Kier alpha value is -2.25. The van der Waals surface area contributed by atoms with Crippen molar-refractivity contribution in [3.8, 4) is 11.5 Å². The molecule has 1 unspecified atom stereocenters. The highest BCUT2D eigenvalue weighted by molar-refractivity contribution is 9.10. The summed E-state index contributed by atoms with van der Waals surface area (Å²) in [5.41, 5.74) is 1.51. The van der Waals surface area contributed by atoms with Gasteiger partial charge in [0.25, 0.3) is 5.91 Å². The van der Waals surface area contributed by atoms with E-state index in [0.717, 1.165) is 10.0 Å². The number of nitrogens with one attached hydrogen (secondary N) is 1. The van der Waals surface area contributed by atoms with Gasteiger partial charge in [-0.1, -0.05) is 17.7 Å². The van der Waals surface area contributed by atoms with Crippen LogP contribution in [0.2, 0.25) is 5.02 Å². The summed E-state index contributed by atoms with van der Waals surface area (Å²) in [7, 11) is 3.04. The molecule has 0 aliphatic rings. The Morgan fingerprint density at radius 2 is 1.89 bits per heavy atom. The number of methoxy groups -OCH3 is 1. The third-order valence-electron chi connectivity index (χ3n) is 3.93. The Labute approximate surface area is 177 Å². The van der Waals surface area contributed by atoms with E-state index in [1.54, 1.807) is 38.2 Å². The van der Waals surface area contributed by atoms with Gasteiger partial charge in [0.15, 0.2) is 6.10 Å². The molecule has 2 amide bonds. The number of rotatable bonds is 7. The summed E-state index contributed by atoms with van der Waals surface area (Å²) in [6.45, 7) is 3.46. The van der Waals surface area contributed by atoms with Gasteiger partial charge in [0, 0.05) is 12.1 Å². The van der Waals surface area contributed by atoms with Gasteiger partial charge in [-0.15, -0.1) is 0 Å². The topological polar surface area (TPSA) is 67.9 Å². The monoisotopic (exact) mass is 468 g/mol. The SMILES string of the molecule is COc1ccc(Cl)cc1NC(=O)CN(C)C(=O)C(C)Oc1ccc(C)cc1Br. The van der Waals surface area contributed by atoms with Crippen LogP contribution in [0, 0.1) is 6.92 Å². The van der Waals surface area contributed by atoms with Crippen LogP contribution in [0.15, 0.2) is 40.9 Å². The molecule has 0 saturated heterocycles. The van der Waals surface area contributed by atoms with Crippen molar-refractivity contribution in [2.75, 3.05) is 26.0 Å². The molecule has 6 nitrogen and oxygen atoms in total. The summed E-state index contributed by atoms with van der Waals surface area (Å²) in [6, 6.07) is 10.5. The van der Waals surface area contributed by atoms with Gasteiger partial charge in [-0.05, 0) is 65.7 Å². The lowest BCUT2D eigenvalue weighted by molar-refractivity contribution is -0.139. The average Bonchev–Trinajstić information content (AvgIpc) is 2.63. The third-order valence-corrected chi connectivity index (χ3v) is 4.79. The first-order valence-corrected chi connectivity index (χ1v) is 9.69. The molecule has 0 saturated carbocycles. The maximum atomic E-state index is 12.6. The van der Waals surface area contributed by atoms with Gasteiger partial charge in [0.1, 0.15) is 11.5 Å². The fourth-order valence-corrected chi connectivity index (χ4v) is 3.27. The molecule has 0 bridgehead atoms. The Bertz CT molecular complexity index is 875. The lowest BCUT2D eigenvalue weighted by atomic mass is 10.2. The number of carbonyl (C=O) groups is 2. The van der Waals surface area contributed by atoms with Crippen LogP contribution in [-0.2, 0) is 9.59 Å². The summed E-state index contributed by atoms with van der Waals surface area (Å²) in [5.74, 6) is 0.349. The second-order valence-corrected chi connectivity index (χ2v) is 7.57. The quantitative estimate of drug-likeness (QED) is 0.657. The molecule has 1 atom stereocenters. The molecule has 0 heterocycles.